The number of nitrogens with one attached hydrogen (secondary N) is 1. The fourth-order valence-electron chi connectivity index (χ4n) is 1.42. The highest BCUT2D eigenvalue weighted by atomic mass is 16.5. The van der Waals surface area contributed by atoms with Gasteiger partial charge in [-0.3, -0.25) is 0 Å². The molecular formula is C14H23NO3. The predicted octanol–water partition coefficient (Wildman–Crippen LogP) is 1.71. The van der Waals surface area contributed by atoms with Crippen molar-refractivity contribution < 1.29 is 14.2 Å². The van der Waals surface area contributed by atoms with Crippen LogP contribution in [-0.2, 0) is 9.47 Å². The van der Waals surface area contributed by atoms with E-state index in [-0.39, 0.29) is 0 Å². The maximum absolute atomic E-state index is 5.58. The molecule has 0 aliphatic carbocycles. The molecule has 0 unspecified atom stereocenters. The Bertz CT molecular complexity index is 280. The summed E-state index contributed by atoms with van der Waals surface area (Å²) in [6.45, 7) is 4.60. The molecule has 0 bridgehead atoms. The Morgan fingerprint density at radius 2 is 1.78 bits per heavy atom. The second-order valence-corrected chi connectivity index (χ2v) is 3.87. The molecule has 1 aromatic carbocycles. The predicted molar refractivity (Wildman–Crippen MR) is 72.1 cm³/mol. The first-order valence-electron chi connectivity index (χ1n) is 6.38. The standard InChI is InChI=1S/C14H23NO3/c1-16-12-13-17-11-9-15-8-5-10-18-14-6-3-2-4-7-14/h2-4,6-7,15H,5,8-13H2,1H3. The minimum atomic E-state index is 0.658. The first-order valence-corrected chi connectivity index (χ1v) is 6.38. The lowest BCUT2D eigenvalue weighted by molar-refractivity contribution is 0.0719. The lowest BCUT2D eigenvalue weighted by atomic mass is 10.3. The summed E-state index contributed by atoms with van der Waals surface area (Å²) in [4.78, 5) is 0. The van der Waals surface area contributed by atoms with Gasteiger partial charge >= 0.3 is 0 Å². The largest absolute Gasteiger partial charge is 0.494 e. The van der Waals surface area contributed by atoms with Crippen LogP contribution in [0.15, 0.2) is 30.3 Å². The third-order valence-corrected chi connectivity index (χ3v) is 2.36. The van der Waals surface area contributed by atoms with Gasteiger partial charge in [0.1, 0.15) is 5.75 Å². The van der Waals surface area contributed by atoms with Crippen LogP contribution in [0.5, 0.6) is 5.75 Å². The number of methoxy groups -OCH3 is 1. The Morgan fingerprint density at radius 1 is 0.944 bits per heavy atom. The summed E-state index contributed by atoms with van der Waals surface area (Å²) in [6, 6.07) is 9.88. The molecule has 4 heteroatoms. The fourth-order valence-corrected chi connectivity index (χ4v) is 1.42. The Kier molecular flexibility index (Phi) is 9.16. The van der Waals surface area contributed by atoms with Crippen LogP contribution in [0.3, 0.4) is 0 Å². The average Bonchev–Trinajstić information content (AvgIpc) is 2.42. The molecule has 0 saturated carbocycles. The number of ether oxygens (including phenoxy) is 3. The van der Waals surface area contributed by atoms with Crippen LogP contribution < -0.4 is 10.1 Å². The molecule has 1 N–H and O–H groups in total. The molecule has 0 spiro atoms. The molecule has 0 heterocycles. The minimum absolute atomic E-state index is 0.658. The number of para-hydroxylation sites is 1. The van der Waals surface area contributed by atoms with E-state index in [1.165, 1.54) is 0 Å². The summed E-state index contributed by atoms with van der Waals surface area (Å²) in [6.07, 6.45) is 0.993. The summed E-state index contributed by atoms with van der Waals surface area (Å²) in [5, 5.41) is 3.30. The SMILES string of the molecule is COCCOCCNCCCOc1ccccc1. The van der Waals surface area contributed by atoms with Crippen molar-refractivity contribution in [2.75, 3.05) is 46.6 Å². The Balaban J connectivity index is 1.82. The summed E-state index contributed by atoms with van der Waals surface area (Å²) in [7, 11) is 1.67. The van der Waals surface area contributed by atoms with Crippen molar-refractivity contribution in [3.8, 4) is 5.75 Å². The van der Waals surface area contributed by atoms with Crippen LogP contribution in [0.25, 0.3) is 0 Å². The fraction of sp³-hybridized carbons (Fsp3) is 0.571. The molecule has 4 nitrogen and oxygen atoms in total. The van der Waals surface area contributed by atoms with Gasteiger partial charge in [-0.15, -0.1) is 0 Å². The summed E-state index contributed by atoms with van der Waals surface area (Å²) < 4.78 is 15.8. The minimum Gasteiger partial charge on any atom is -0.494 e. The zero-order chi connectivity index (χ0) is 12.9. The highest BCUT2D eigenvalue weighted by molar-refractivity contribution is 5.20. The maximum Gasteiger partial charge on any atom is 0.119 e. The second kappa shape index (κ2) is 11.0. The van der Waals surface area contributed by atoms with Crippen LogP contribution in [-0.4, -0.2) is 46.6 Å². The van der Waals surface area contributed by atoms with Crippen molar-refractivity contribution in [1.82, 2.24) is 5.32 Å². The lowest BCUT2D eigenvalue weighted by Gasteiger charge is -2.07. The third kappa shape index (κ3) is 8.06. The molecule has 0 aliphatic rings. The van der Waals surface area contributed by atoms with Gasteiger partial charge in [0.2, 0.25) is 0 Å². The molecule has 0 atom stereocenters. The smallest absolute Gasteiger partial charge is 0.119 e. The van der Waals surface area contributed by atoms with Gasteiger partial charge in [0.05, 0.1) is 26.4 Å². The molecule has 1 aromatic rings. The van der Waals surface area contributed by atoms with Crippen LogP contribution in [0.1, 0.15) is 6.42 Å². The third-order valence-electron chi connectivity index (χ3n) is 2.36. The maximum atomic E-state index is 5.58. The van der Waals surface area contributed by atoms with Crippen LogP contribution >= 0.6 is 0 Å². The Morgan fingerprint density at radius 3 is 2.56 bits per heavy atom. The number of benzene rings is 1. The highest BCUT2D eigenvalue weighted by Gasteiger charge is 1.92. The molecule has 1 rings (SSSR count). The van der Waals surface area contributed by atoms with E-state index >= 15 is 0 Å². The van der Waals surface area contributed by atoms with E-state index < -0.39 is 0 Å². The normalized spacial score (nSPS) is 10.5. The van der Waals surface area contributed by atoms with E-state index in [2.05, 4.69) is 5.32 Å². The monoisotopic (exact) mass is 253 g/mol. The van der Waals surface area contributed by atoms with Gasteiger partial charge in [0.15, 0.2) is 0 Å². The first kappa shape index (κ1) is 15.0. The zero-order valence-electron chi connectivity index (χ0n) is 11.1. The zero-order valence-corrected chi connectivity index (χ0v) is 11.1. The van der Waals surface area contributed by atoms with Crippen molar-refractivity contribution in [2.45, 2.75) is 6.42 Å². The van der Waals surface area contributed by atoms with Gasteiger partial charge in [-0.1, -0.05) is 18.2 Å². The molecular weight excluding hydrogens is 230 g/mol. The quantitative estimate of drug-likeness (QED) is 0.609. The summed E-state index contributed by atoms with van der Waals surface area (Å²) in [5.41, 5.74) is 0. The Labute approximate surface area is 109 Å². The molecule has 0 radical (unpaired) electrons. The average molecular weight is 253 g/mol. The van der Waals surface area contributed by atoms with Gasteiger partial charge in [0.25, 0.3) is 0 Å². The van der Waals surface area contributed by atoms with Gasteiger partial charge in [-0.2, -0.15) is 0 Å². The molecule has 102 valence electrons. The lowest BCUT2D eigenvalue weighted by Crippen LogP contribution is -2.22. The van der Waals surface area contributed by atoms with E-state index in [0.717, 1.165) is 38.5 Å². The van der Waals surface area contributed by atoms with E-state index in [1.807, 2.05) is 30.3 Å². The number of rotatable bonds is 11. The molecule has 0 fully saturated rings. The first-order chi connectivity index (χ1) is 8.93. The second-order valence-electron chi connectivity index (χ2n) is 3.87. The number of hydrogen-bond acceptors (Lipinski definition) is 4. The van der Waals surface area contributed by atoms with Crippen molar-refractivity contribution in [3.05, 3.63) is 30.3 Å². The summed E-state index contributed by atoms with van der Waals surface area (Å²) >= 11 is 0. The molecule has 0 aliphatic heterocycles. The topological polar surface area (TPSA) is 39.7 Å². The van der Waals surface area contributed by atoms with Crippen LogP contribution in [0, 0.1) is 0 Å². The van der Waals surface area contributed by atoms with E-state index in [9.17, 15) is 0 Å². The molecule has 0 amide bonds. The van der Waals surface area contributed by atoms with Crippen molar-refractivity contribution in [1.29, 1.82) is 0 Å². The molecule has 18 heavy (non-hydrogen) atoms. The van der Waals surface area contributed by atoms with E-state index in [1.54, 1.807) is 7.11 Å². The van der Waals surface area contributed by atoms with E-state index in [4.69, 9.17) is 14.2 Å². The van der Waals surface area contributed by atoms with Crippen LogP contribution in [0.4, 0.5) is 0 Å². The van der Waals surface area contributed by atoms with Crippen molar-refractivity contribution in [2.24, 2.45) is 0 Å². The van der Waals surface area contributed by atoms with Gasteiger partial charge in [-0.05, 0) is 25.1 Å². The highest BCUT2D eigenvalue weighted by Crippen LogP contribution is 2.07. The van der Waals surface area contributed by atoms with Gasteiger partial charge in [0, 0.05) is 13.7 Å². The molecule has 0 aromatic heterocycles. The number of hydrogen-bond donors (Lipinski definition) is 1. The van der Waals surface area contributed by atoms with Crippen molar-refractivity contribution >= 4 is 0 Å². The van der Waals surface area contributed by atoms with E-state index in [0.29, 0.717) is 13.2 Å². The Hall–Kier alpha value is -1.10. The van der Waals surface area contributed by atoms with Crippen molar-refractivity contribution in [3.63, 3.8) is 0 Å². The van der Waals surface area contributed by atoms with Gasteiger partial charge < -0.3 is 19.5 Å². The molecule has 0 saturated heterocycles. The van der Waals surface area contributed by atoms with Crippen LogP contribution in [0.2, 0.25) is 0 Å². The summed E-state index contributed by atoms with van der Waals surface area (Å²) in [5.74, 6) is 0.931. The van der Waals surface area contributed by atoms with Gasteiger partial charge in [-0.25, -0.2) is 0 Å².